The molecule has 1 aliphatic heterocycles. The zero-order valence-electron chi connectivity index (χ0n) is 14.7. The molecule has 3 rings (SSSR count). The Kier molecular flexibility index (Phi) is 4.93. The average molecular weight is 341 g/mol. The molecule has 0 spiro atoms. The highest BCUT2D eigenvalue weighted by atomic mass is 19.1. The van der Waals surface area contributed by atoms with E-state index >= 15 is 0 Å². The van der Waals surface area contributed by atoms with Gasteiger partial charge in [-0.25, -0.2) is 4.39 Å². The quantitative estimate of drug-likeness (QED) is 0.857. The van der Waals surface area contributed by atoms with Gasteiger partial charge in [0.25, 0.3) is 0 Å². The van der Waals surface area contributed by atoms with Crippen molar-refractivity contribution >= 4 is 5.69 Å². The van der Waals surface area contributed by atoms with Crippen LogP contribution in [0.5, 0.6) is 0 Å². The standard InChI is InChI=1S/C21H24FNO2/c1-4-21(24,17-5-9-19(22)10-6-17)18-7-11-20(12-8-18)23-13-15(2)25-16(3)14-23/h4-12,15-16,24H,1,13-14H2,2-3H3. The summed E-state index contributed by atoms with van der Waals surface area (Å²) in [6.07, 6.45) is 1.86. The van der Waals surface area contributed by atoms with Gasteiger partial charge in [0.15, 0.2) is 0 Å². The van der Waals surface area contributed by atoms with E-state index in [1.54, 1.807) is 12.1 Å². The lowest BCUT2D eigenvalue weighted by Gasteiger charge is -2.37. The summed E-state index contributed by atoms with van der Waals surface area (Å²) in [5.41, 5.74) is 1.03. The summed E-state index contributed by atoms with van der Waals surface area (Å²) in [5, 5.41) is 11.1. The minimum atomic E-state index is -1.35. The molecule has 2 aromatic rings. The summed E-state index contributed by atoms with van der Waals surface area (Å²) in [6, 6.07) is 13.6. The van der Waals surface area contributed by atoms with Crippen molar-refractivity contribution in [2.24, 2.45) is 0 Å². The SMILES string of the molecule is C=CC(O)(c1ccc(F)cc1)c1ccc(N2CC(C)OC(C)C2)cc1. The van der Waals surface area contributed by atoms with Crippen molar-refractivity contribution in [3.63, 3.8) is 0 Å². The number of morpholine rings is 1. The van der Waals surface area contributed by atoms with Gasteiger partial charge in [-0.15, -0.1) is 0 Å². The summed E-state index contributed by atoms with van der Waals surface area (Å²) >= 11 is 0. The lowest BCUT2D eigenvalue weighted by Crippen LogP contribution is -2.45. The van der Waals surface area contributed by atoms with Gasteiger partial charge in [0.1, 0.15) is 11.4 Å². The molecule has 0 bridgehead atoms. The summed E-state index contributed by atoms with van der Waals surface area (Å²) in [4.78, 5) is 2.29. The Morgan fingerprint density at radius 1 is 1.04 bits per heavy atom. The van der Waals surface area contributed by atoms with E-state index < -0.39 is 5.60 Å². The highest BCUT2D eigenvalue weighted by Gasteiger charge is 2.28. The second-order valence-corrected chi connectivity index (χ2v) is 6.69. The molecule has 25 heavy (non-hydrogen) atoms. The van der Waals surface area contributed by atoms with Gasteiger partial charge in [-0.1, -0.05) is 36.9 Å². The van der Waals surface area contributed by atoms with E-state index in [1.165, 1.54) is 18.2 Å². The van der Waals surface area contributed by atoms with Crippen LogP contribution in [0.3, 0.4) is 0 Å². The molecule has 1 N–H and O–H groups in total. The van der Waals surface area contributed by atoms with Crippen molar-refractivity contribution < 1.29 is 14.2 Å². The number of nitrogens with zero attached hydrogens (tertiary/aromatic N) is 1. The number of hydrogen-bond acceptors (Lipinski definition) is 3. The van der Waals surface area contributed by atoms with E-state index in [0.717, 1.165) is 18.8 Å². The Balaban J connectivity index is 1.87. The van der Waals surface area contributed by atoms with Crippen molar-refractivity contribution in [3.8, 4) is 0 Å². The maximum Gasteiger partial charge on any atom is 0.133 e. The third-order valence-electron chi connectivity index (χ3n) is 4.67. The number of rotatable bonds is 4. The van der Waals surface area contributed by atoms with Gasteiger partial charge in [-0.05, 0) is 49.2 Å². The number of ether oxygens (including phenoxy) is 1. The fourth-order valence-electron chi connectivity index (χ4n) is 3.42. The average Bonchev–Trinajstić information content (AvgIpc) is 2.61. The molecule has 2 aromatic carbocycles. The smallest absolute Gasteiger partial charge is 0.133 e. The van der Waals surface area contributed by atoms with E-state index in [0.29, 0.717) is 11.1 Å². The minimum Gasteiger partial charge on any atom is -0.377 e. The predicted octanol–water partition coefficient (Wildman–Crippen LogP) is 3.86. The maximum atomic E-state index is 13.2. The molecule has 1 fully saturated rings. The van der Waals surface area contributed by atoms with Crippen molar-refractivity contribution in [1.82, 2.24) is 0 Å². The van der Waals surface area contributed by atoms with Crippen molar-refractivity contribution in [2.45, 2.75) is 31.7 Å². The minimum absolute atomic E-state index is 0.188. The molecule has 3 unspecified atom stereocenters. The first kappa shape index (κ1) is 17.6. The van der Waals surface area contributed by atoms with Gasteiger partial charge in [-0.3, -0.25) is 0 Å². The van der Waals surface area contributed by atoms with Crippen LogP contribution in [0.2, 0.25) is 0 Å². The van der Waals surface area contributed by atoms with E-state index in [-0.39, 0.29) is 18.0 Å². The second kappa shape index (κ2) is 6.98. The zero-order valence-corrected chi connectivity index (χ0v) is 14.7. The summed E-state index contributed by atoms with van der Waals surface area (Å²) in [6.45, 7) is 9.59. The second-order valence-electron chi connectivity index (χ2n) is 6.69. The first-order valence-electron chi connectivity index (χ1n) is 8.55. The molecular formula is C21H24FNO2. The number of hydrogen-bond donors (Lipinski definition) is 1. The highest BCUT2D eigenvalue weighted by molar-refractivity contribution is 5.51. The molecule has 1 aliphatic rings. The normalized spacial score (nSPS) is 23.1. The van der Waals surface area contributed by atoms with Crippen LogP contribution in [0.4, 0.5) is 10.1 Å². The Bertz CT molecular complexity index is 719. The molecule has 3 atom stereocenters. The van der Waals surface area contributed by atoms with Crippen LogP contribution >= 0.6 is 0 Å². The Morgan fingerprint density at radius 2 is 1.52 bits per heavy atom. The van der Waals surface area contributed by atoms with Crippen LogP contribution in [0, 0.1) is 5.82 Å². The van der Waals surface area contributed by atoms with E-state index in [4.69, 9.17) is 4.74 Å². The fraction of sp³-hybridized carbons (Fsp3) is 0.333. The molecule has 0 aromatic heterocycles. The summed E-state index contributed by atoms with van der Waals surface area (Å²) < 4.78 is 19.0. The lowest BCUT2D eigenvalue weighted by atomic mass is 9.86. The van der Waals surface area contributed by atoms with Crippen LogP contribution in [-0.2, 0) is 10.3 Å². The highest BCUT2D eigenvalue weighted by Crippen LogP contribution is 2.32. The van der Waals surface area contributed by atoms with E-state index in [2.05, 4.69) is 25.3 Å². The van der Waals surface area contributed by atoms with Crippen molar-refractivity contribution in [1.29, 1.82) is 0 Å². The van der Waals surface area contributed by atoms with Crippen molar-refractivity contribution in [2.75, 3.05) is 18.0 Å². The van der Waals surface area contributed by atoms with Gasteiger partial charge < -0.3 is 14.7 Å². The molecule has 132 valence electrons. The molecule has 3 nitrogen and oxygen atoms in total. The van der Waals surface area contributed by atoms with Gasteiger partial charge >= 0.3 is 0 Å². The van der Waals surface area contributed by atoms with Crippen LogP contribution in [0.15, 0.2) is 61.2 Å². The van der Waals surface area contributed by atoms with Crippen LogP contribution in [0.25, 0.3) is 0 Å². The van der Waals surface area contributed by atoms with Crippen LogP contribution in [-0.4, -0.2) is 30.4 Å². The molecule has 4 heteroatoms. The molecule has 0 aliphatic carbocycles. The molecule has 0 amide bonds. The van der Waals surface area contributed by atoms with Crippen LogP contribution in [0.1, 0.15) is 25.0 Å². The van der Waals surface area contributed by atoms with Crippen molar-refractivity contribution in [3.05, 3.63) is 78.1 Å². The predicted molar refractivity (Wildman–Crippen MR) is 98.3 cm³/mol. The first-order chi connectivity index (χ1) is 11.9. The Labute approximate surface area is 148 Å². The zero-order chi connectivity index (χ0) is 18.0. The molecule has 1 heterocycles. The topological polar surface area (TPSA) is 32.7 Å². The Hall–Kier alpha value is -2.17. The number of halogens is 1. The largest absolute Gasteiger partial charge is 0.377 e. The number of benzene rings is 2. The molecule has 0 radical (unpaired) electrons. The van der Waals surface area contributed by atoms with E-state index in [9.17, 15) is 9.50 Å². The molecule has 1 saturated heterocycles. The monoisotopic (exact) mass is 341 g/mol. The van der Waals surface area contributed by atoms with Gasteiger partial charge in [0.2, 0.25) is 0 Å². The van der Waals surface area contributed by atoms with Gasteiger partial charge in [0.05, 0.1) is 12.2 Å². The first-order valence-corrected chi connectivity index (χ1v) is 8.55. The number of aliphatic hydroxyl groups is 1. The summed E-state index contributed by atoms with van der Waals surface area (Å²) in [5.74, 6) is -0.332. The maximum absolute atomic E-state index is 13.2. The summed E-state index contributed by atoms with van der Waals surface area (Å²) in [7, 11) is 0. The van der Waals surface area contributed by atoms with Crippen LogP contribution < -0.4 is 4.90 Å². The Morgan fingerprint density at radius 3 is 2.00 bits per heavy atom. The molecular weight excluding hydrogens is 317 g/mol. The van der Waals surface area contributed by atoms with Gasteiger partial charge in [0, 0.05) is 18.8 Å². The third kappa shape index (κ3) is 3.60. The fourth-order valence-corrected chi connectivity index (χ4v) is 3.42. The number of anilines is 1. The van der Waals surface area contributed by atoms with Gasteiger partial charge in [-0.2, -0.15) is 0 Å². The van der Waals surface area contributed by atoms with E-state index in [1.807, 2.05) is 24.3 Å². The lowest BCUT2D eigenvalue weighted by molar-refractivity contribution is -0.00522. The molecule has 0 saturated carbocycles. The third-order valence-corrected chi connectivity index (χ3v) is 4.67.